The fourth-order valence-corrected chi connectivity index (χ4v) is 1.07. The topological polar surface area (TPSA) is 66.5 Å². The Kier molecular flexibility index (Phi) is 8.67. The largest absolute Gasteiger partial charge is 0.462 e. The molecule has 0 spiro atoms. The lowest BCUT2D eigenvalue weighted by molar-refractivity contribution is -0.138. The molecule has 0 radical (unpaired) electrons. The number of nitrogens with one attached hydrogen (secondary N) is 1. The zero-order chi connectivity index (χ0) is 13.8. The van der Waals surface area contributed by atoms with Gasteiger partial charge < -0.3 is 10.1 Å². The van der Waals surface area contributed by atoms with Crippen molar-refractivity contribution in [1.82, 2.24) is 5.32 Å². The van der Waals surface area contributed by atoms with Crippen molar-refractivity contribution < 1.29 is 9.53 Å². The van der Waals surface area contributed by atoms with Crippen LogP contribution in [-0.2, 0) is 9.53 Å². The number of rotatable bonds is 7. The Morgan fingerprint density at radius 3 is 2.78 bits per heavy atom. The number of ether oxygens (including phenoxy) is 1. The van der Waals surface area contributed by atoms with Crippen LogP contribution in [0.2, 0.25) is 0 Å². The first kappa shape index (κ1) is 15.7. The average molecular weight is 247 g/mol. The highest BCUT2D eigenvalue weighted by Crippen LogP contribution is 2.05. The van der Waals surface area contributed by atoms with Gasteiger partial charge in [0.2, 0.25) is 0 Å². The molecule has 1 N–H and O–H groups in total. The second-order valence-electron chi connectivity index (χ2n) is 3.38. The lowest BCUT2D eigenvalue weighted by Gasteiger charge is -2.04. The monoisotopic (exact) mass is 247 g/mol. The zero-order valence-corrected chi connectivity index (χ0v) is 10.7. The van der Waals surface area contributed by atoms with E-state index in [0.29, 0.717) is 0 Å². The second-order valence-corrected chi connectivity index (χ2v) is 3.38. The molecule has 0 aliphatic carbocycles. The molecule has 0 bridgehead atoms. The molecule has 0 aliphatic heterocycles. The summed E-state index contributed by atoms with van der Waals surface area (Å²) in [4.78, 5) is 14.6. The van der Waals surface area contributed by atoms with E-state index < -0.39 is 5.97 Å². The van der Waals surface area contributed by atoms with E-state index >= 15 is 0 Å². The van der Waals surface area contributed by atoms with Gasteiger partial charge in [0.05, 0.1) is 24.8 Å². The minimum Gasteiger partial charge on any atom is -0.462 e. The number of esters is 1. The smallest absolute Gasteiger partial charge is 0.338 e. The Balaban J connectivity index is 4.84. The fourth-order valence-electron chi connectivity index (χ4n) is 1.07. The van der Waals surface area contributed by atoms with Crippen molar-refractivity contribution in [3.05, 3.63) is 35.0 Å². The SMILES string of the molecule is [C-]#[N+]/C(C#N)=C\C(=C\NCCCC)C(=O)OCC. The molecule has 5 nitrogen and oxygen atoms in total. The maximum atomic E-state index is 11.6. The molecule has 0 saturated carbocycles. The van der Waals surface area contributed by atoms with Crippen LogP contribution >= 0.6 is 0 Å². The van der Waals surface area contributed by atoms with E-state index in [0.717, 1.165) is 19.4 Å². The molecule has 0 aliphatic rings. The molecule has 0 aromatic carbocycles. The summed E-state index contributed by atoms with van der Waals surface area (Å²) in [7, 11) is 0. The van der Waals surface area contributed by atoms with Gasteiger partial charge in [-0.25, -0.2) is 14.9 Å². The molecule has 0 aromatic heterocycles. The van der Waals surface area contributed by atoms with Crippen LogP contribution in [0.1, 0.15) is 26.7 Å². The summed E-state index contributed by atoms with van der Waals surface area (Å²) >= 11 is 0. The molecular formula is C13H17N3O2. The first-order chi connectivity index (χ1) is 8.69. The summed E-state index contributed by atoms with van der Waals surface area (Å²) in [5.74, 6) is -0.544. The molecule has 0 heterocycles. The third-order valence-corrected chi connectivity index (χ3v) is 1.97. The Morgan fingerprint density at radius 2 is 2.28 bits per heavy atom. The summed E-state index contributed by atoms with van der Waals surface area (Å²) in [6.07, 6.45) is 4.72. The molecule has 0 rings (SSSR count). The van der Waals surface area contributed by atoms with E-state index in [4.69, 9.17) is 16.6 Å². The molecule has 0 aromatic rings. The number of carbonyl (C=O) groups is 1. The average Bonchev–Trinajstić information content (AvgIpc) is 2.38. The van der Waals surface area contributed by atoms with Gasteiger partial charge in [-0.2, -0.15) is 0 Å². The molecular weight excluding hydrogens is 230 g/mol. The Hall–Kier alpha value is -2.27. The van der Waals surface area contributed by atoms with Crippen LogP contribution in [0, 0.1) is 17.9 Å². The summed E-state index contributed by atoms with van der Waals surface area (Å²) in [6.45, 7) is 11.5. The van der Waals surface area contributed by atoms with Gasteiger partial charge in [-0.05, 0) is 19.4 Å². The van der Waals surface area contributed by atoms with Crippen LogP contribution in [0.4, 0.5) is 0 Å². The van der Waals surface area contributed by atoms with E-state index in [1.165, 1.54) is 12.3 Å². The Labute approximate surface area is 108 Å². The van der Waals surface area contributed by atoms with Gasteiger partial charge in [0.1, 0.15) is 0 Å². The highest BCUT2D eigenvalue weighted by atomic mass is 16.5. The van der Waals surface area contributed by atoms with Crippen LogP contribution in [0.5, 0.6) is 0 Å². The highest BCUT2D eigenvalue weighted by Gasteiger charge is 2.09. The van der Waals surface area contributed by atoms with Crippen LogP contribution in [0.3, 0.4) is 0 Å². The summed E-state index contributed by atoms with van der Waals surface area (Å²) in [5.41, 5.74) is 0.0343. The standard InChI is InChI=1S/C13H17N3O2/c1-4-6-7-16-10-11(13(17)18-5-2)8-12(9-14)15-3/h8,10,16H,4-7H2,1-2H3/b11-10-,12-8-. The third-order valence-electron chi connectivity index (χ3n) is 1.97. The minimum atomic E-state index is -0.544. The van der Waals surface area contributed by atoms with Crippen molar-refractivity contribution in [3.8, 4) is 6.07 Å². The number of allylic oxidation sites excluding steroid dienone is 1. The Morgan fingerprint density at radius 1 is 1.56 bits per heavy atom. The van der Waals surface area contributed by atoms with Gasteiger partial charge >= 0.3 is 5.97 Å². The van der Waals surface area contributed by atoms with Gasteiger partial charge in [0, 0.05) is 12.7 Å². The van der Waals surface area contributed by atoms with Crippen molar-refractivity contribution in [2.24, 2.45) is 0 Å². The minimum absolute atomic E-state index is 0.147. The van der Waals surface area contributed by atoms with Crippen molar-refractivity contribution in [2.75, 3.05) is 13.2 Å². The fraction of sp³-hybridized carbons (Fsp3) is 0.462. The number of hydrogen-bond donors (Lipinski definition) is 1. The van der Waals surface area contributed by atoms with Crippen LogP contribution in [-0.4, -0.2) is 19.1 Å². The van der Waals surface area contributed by atoms with Crippen molar-refractivity contribution in [3.63, 3.8) is 0 Å². The first-order valence-corrected chi connectivity index (χ1v) is 5.79. The second kappa shape index (κ2) is 9.92. The summed E-state index contributed by atoms with van der Waals surface area (Å²) in [5, 5.41) is 11.6. The zero-order valence-electron chi connectivity index (χ0n) is 10.7. The van der Waals surface area contributed by atoms with Gasteiger partial charge in [-0.3, -0.25) is 0 Å². The van der Waals surface area contributed by atoms with E-state index in [9.17, 15) is 4.79 Å². The number of carbonyl (C=O) groups excluding carboxylic acids is 1. The summed E-state index contributed by atoms with van der Waals surface area (Å²) in [6, 6.07) is 1.71. The van der Waals surface area contributed by atoms with E-state index in [-0.39, 0.29) is 17.9 Å². The first-order valence-electron chi connectivity index (χ1n) is 5.79. The molecule has 0 atom stereocenters. The molecule has 0 unspecified atom stereocenters. The number of nitrogens with zero attached hydrogens (tertiary/aromatic N) is 2. The van der Waals surface area contributed by atoms with Crippen LogP contribution in [0.25, 0.3) is 4.85 Å². The van der Waals surface area contributed by atoms with Crippen molar-refractivity contribution in [1.29, 1.82) is 5.26 Å². The highest BCUT2D eigenvalue weighted by molar-refractivity contribution is 5.91. The maximum Gasteiger partial charge on any atom is 0.338 e. The third kappa shape index (κ3) is 6.34. The van der Waals surface area contributed by atoms with Crippen molar-refractivity contribution in [2.45, 2.75) is 26.7 Å². The lowest BCUT2D eigenvalue weighted by atomic mass is 10.2. The van der Waals surface area contributed by atoms with Crippen molar-refractivity contribution >= 4 is 5.97 Å². The normalized spacial score (nSPS) is 11.3. The van der Waals surface area contributed by atoms with Crippen LogP contribution in [0.15, 0.2) is 23.5 Å². The van der Waals surface area contributed by atoms with Gasteiger partial charge in [-0.1, -0.05) is 13.3 Å². The number of unbranched alkanes of at least 4 members (excludes halogenated alkanes) is 1. The quantitative estimate of drug-likeness (QED) is 0.187. The van der Waals surface area contributed by atoms with Crippen LogP contribution < -0.4 is 5.32 Å². The molecule has 0 fully saturated rings. The summed E-state index contributed by atoms with van der Waals surface area (Å²) < 4.78 is 4.85. The van der Waals surface area contributed by atoms with E-state index in [1.807, 2.05) is 0 Å². The number of hydrogen-bond acceptors (Lipinski definition) is 4. The predicted molar refractivity (Wildman–Crippen MR) is 67.9 cm³/mol. The maximum absolute atomic E-state index is 11.6. The molecule has 5 heteroatoms. The van der Waals surface area contributed by atoms with Gasteiger partial charge in [0.25, 0.3) is 5.70 Å². The molecule has 18 heavy (non-hydrogen) atoms. The molecule has 0 saturated heterocycles. The molecule has 96 valence electrons. The predicted octanol–water partition coefficient (Wildman–Crippen LogP) is 2.15. The van der Waals surface area contributed by atoms with Gasteiger partial charge in [0.15, 0.2) is 0 Å². The molecule has 0 amide bonds. The van der Waals surface area contributed by atoms with E-state index in [2.05, 4.69) is 17.1 Å². The van der Waals surface area contributed by atoms with Gasteiger partial charge in [-0.15, -0.1) is 0 Å². The van der Waals surface area contributed by atoms with E-state index in [1.54, 1.807) is 13.0 Å². The number of nitriles is 1. The Bertz CT molecular complexity index is 395. The lowest BCUT2D eigenvalue weighted by Crippen LogP contribution is -2.13.